The minimum atomic E-state index is -0.285. The smallest absolute Gasteiger partial charge is 0.328 e. The lowest BCUT2D eigenvalue weighted by molar-refractivity contribution is -0.137. The van der Waals surface area contributed by atoms with Crippen molar-refractivity contribution in [3.05, 3.63) is 28.8 Å². The van der Waals surface area contributed by atoms with Gasteiger partial charge >= 0.3 is 5.97 Å². The SMILES string of the molecule is Cc1cc(OC(=O)C(CCCNC(C)C)NC(C)C)cc2c1C1(C)CC[C@H]3C(C)(C)CCCC3(C)C1C2. The molecule has 4 rings (SSSR count). The Kier molecular flexibility index (Phi) is 8.23. The molecule has 2 N–H and O–H groups in total. The lowest BCUT2D eigenvalue weighted by atomic mass is 9.43. The van der Waals surface area contributed by atoms with E-state index in [1.54, 1.807) is 5.56 Å². The van der Waals surface area contributed by atoms with Crippen LogP contribution in [0.1, 0.15) is 117 Å². The Balaban J connectivity index is 1.54. The van der Waals surface area contributed by atoms with Crippen LogP contribution in [-0.2, 0) is 16.6 Å². The van der Waals surface area contributed by atoms with Crippen LogP contribution < -0.4 is 15.4 Å². The molecule has 1 aromatic rings. The fraction of sp³-hybridized carbons (Fsp3) is 0.788. The summed E-state index contributed by atoms with van der Waals surface area (Å²) in [6, 6.07) is 4.75. The molecule has 0 heterocycles. The second-order valence-electron chi connectivity index (χ2n) is 14.4. The van der Waals surface area contributed by atoms with Crippen LogP contribution in [0.3, 0.4) is 0 Å². The van der Waals surface area contributed by atoms with Gasteiger partial charge in [-0.05, 0) is 115 Å². The van der Waals surface area contributed by atoms with Crippen molar-refractivity contribution in [2.24, 2.45) is 22.7 Å². The Morgan fingerprint density at radius 3 is 2.43 bits per heavy atom. The molecule has 208 valence electrons. The van der Waals surface area contributed by atoms with Gasteiger partial charge in [-0.15, -0.1) is 0 Å². The number of nitrogens with one attached hydrogen (secondary N) is 2. The molecule has 0 spiro atoms. The third-order valence-corrected chi connectivity index (χ3v) is 10.4. The summed E-state index contributed by atoms with van der Waals surface area (Å²) in [7, 11) is 0. The van der Waals surface area contributed by atoms with Crippen molar-refractivity contribution in [2.75, 3.05) is 6.54 Å². The molecule has 0 bridgehead atoms. The number of ether oxygens (including phenoxy) is 1. The minimum Gasteiger partial charge on any atom is -0.425 e. The molecule has 4 unspecified atom stereocenters. The van der Waals surface area contributed by atoms with E-state index in [2.05, 4.69) is 85.1 Å². The van der Waals surface area contributed by atoms with Gasteiger partial charge in [0.25, 0.3) is 0 Å². The Bertz CT molecular complexity index is 983. The second-order valence-corrected chi connectivity index (χ2v) is 14.4. The van der Waals surface area contributed by atoms with Crippen molar-refractivity contribution in [3.8, 4) is 5.75 Å². The standard InChI is InChI=1S/C33H54N2O2/c1-21(2)34-17-10-12-26(35-22(3)4)30(36)37-25-18-23(5)29-24(19-25)20-28-32(8)15-11-14-31(6,7)27(32)13-16-33(28,29)9/h18-19,21-22,26-28,34-35H,10-17,20H2,1-9H3/t26?,27-,28?,32?,33?/m0/s1. The minimum absolute atomic E-state index is 0.153. The number of benzene rings is 1. The highest BCUT2D eigenvalue weighted by atomic mass is 16.5. The molecule has 3 aliphatic carbocycles. The van der Waals surface area contributed by atoms with E-state index in [0.717, 1.165) is 37.5 Å². The van der Waals surface area contributed by atoms with Gasteiger partial charge < -0.3 is 15.4 Å². The topological polar surface area (TPSA) is 50.4 Å². The Morgan fingerprint density at radius 2 is 1.76 bits per heavy atom. The number of hydrogen-bond acceptors (Lipinski definition) is 4. The summed E-state index contributed by atoms with van der Waals surface area (Å²) in [5.74, 6) is 2.04. The summed E-state index contributed by atoms with van der Waals surface area (Å²) < 4.78 is 6.09. The third-order valence-electron chi connectivity index (χ3n) is 10.4. The van der Waals surface area contributed by atoms with Crippen molar-refractivity contribution in [2.45, 2.75) is 137 Å². The first-order valence-corrected chi connectivity index (χ1v) is 15.1. The van der Waals surface area contributed by atoms with E-state index in [4.69, 9.17) is 4.74 Å². The molecule has 1 aromatic carbocycles. The van der Waals surface area contributed by atoms with Crippen LogP contribution in [0.5, 0.6) is 5.75 Å². The highest BCUT2D eigenvalue weighted by molar-refractivity contribution is 5.78. The molecule has 37 heavy (non-hydrogen) atoms. The summed E-state index contributed by atoms with van der Waals surface area (Å²) >= 11 is 0. The molecule has 4 heteroatoms. The Hall–Kier alpha value is -1.39. The van der Waals surface area contributed by atoms with Crippen molar-refractivity contribution in [1.82, 2.24) is 10.6 Å². The number of esters is 1. The van der Waals surface area contributed by atoms with E-state index >= 15 is 0 Å². The predicted octanol–water partition coefficient (Wildman–Crippen LogP) is 7.10. The quantitative estimate of drug-likeness (QED) is 0.211. The average Bonchev–Trinajstić information content (AvgIpc) is 3.08. The van der Waals surface area contributed by atoms with Gasteiger partial charge in [-0.25, -0.2) is 4.79 Å². The summed E-state index contributed by atoms with van der Waals surface area (Å²) in [6.07, 6.45) is 9.51. The fourth-order valence-electron chi connectivity index (χ4n) is 9.04. The summed E-state index contributed by atoms with van der Waals surface area (Å²) in [4.78, 5) is 13.3. The van der Waals surface area contributed by atoms with Crippen LogP contribution >= 0.6 is 0 Å². The van der Waals surface area contributed by atoms with Gasteiger partial charge in [-0.1, -0.05) is 61.8 Å². The first-order chi connectivity index (χ1) is 17.3. The predicted molar refractivity (Wildman–Crippen MR) is 154 cm³/mol. The number of hydrogen-bond donors (Lipinski definition) is 2. The number of fused-ring (bicyclic) bond motifs is 5. The molecule has 2 saturated carbocycles. The highest BCUT2D eigenvalue weighted by Crippen LogP contribution is 2.67. The van der Waals surface area contributed by atoms with Gasteiger partial charge in [0.05, 0.1) is 0 Å². The summed E-state index contributed by atoms with van der Waals surface area (Å²) in [5.41, 5.74) is 5.32. The van der Waals surface area contributed by atoms with E-state index in [9.17, 15) is 4.79 Å². The van der Waals surface area contributed by atoms with Crippen LogP contribution in [0.15, 0.2) is 12.1 Å². The maximum Gasteiger partial charge on any atom is 0.328 e. The number of carbonyl (C=O) groups excluding carboxylic acids is 1. The normalized spacial score (nSPS) is 31.1. The van der Waals surface area contributed by atoms with Crippen molar-refractivity contribution in [1.29, 1.82) is 0 Å². The maximum atomic E-state index is 13.3. The lowest BCUT2D eigenvalue weighted by Crippen LogP contribution is -2.55. The van der Waals surface area contributed by atoms with E-state index in [-0.39, 0.29) is 23.5 Å². The number of carbonyl (C=O) groups is 1. The lowest BCUT2D eigenvalue weighted by Gasteiger charge is -2.61. The summed E-state index contributed by atoms with van der Waals surface area (Å²) in [6.45, 7) is 21.8. The third kappa shape index (κ3) is 5.53. The largest absolute Gasteiger partial charge is 0.425 e. The van der Waals surface area contributed by atoms with E-state index < -0.39 is 0 Å². The second kappa shape index (κ2) is 10.6. The average molecular weight is 511 g/mol. The number of aryl methyl sites for hydroxylation is 1. The van der Waals surface area contributed by atoms with E-state index in [1.165, 1.54) is 43.2 Å². The van der Waals surface area contributed by atoms with Gasteiger partial charge in [0.15, 0.2) is 0 Å². The van der Waals surface area contributed by atoms with Gasteiger partial charge in [0.1, 0.15) is 11.8 Å². The molecule has 3 aliphatic rings. The molecule has 0 aliphatic heterocycles. The van der Waals surface area contributed by atoms with E-state index in [1.807, 2.05) is 0 Å². The van der Waals surface area contributed by atoms with Crippen LogP contribution in [0, 0.1) is 29.6 Å². The van der Waals surface area contributed by atoms with Crippen molar-refractivity contribution >= 4 is 5.97 Å². The Labute approximate surface area is 227 Å². The maximum absolute atomic E-state index is 13.3. The first-order valence-electron chi connectivity index (χ1n) is 15.1. The zero-order chi connectivity index (χ0) is 27.2. The van der Waals surface area contributed by atoms with Crippen LogP contribution in [0.2, 0.25) is 0 Å². The van der Waals surface area contributed by atoms with Gasteiger partial charge in [0, 0.05) is 12.1 Å². The molecule has 5 atom stereocenters. The highest BCUT2D eigenvalue weighted by Gasteiger charge is 2.61. The molecule has 0 amide bonds. The zero-order valence-corrected chi connectivity index (χ0v) is 25.2. The monoisotopic (exact) mass is 510 g/mol. The molecule has 0 aromatic heterocycles. The van der Waals surface area contributed by atoms with Crippen LogP contribution in [-0.4, -0.2) is 30.6 Å². The Morgan fingerprint density at radius 1 is 1.03 bits per heavy atom. The zero-order valence-electron chi connectivity index (χ0n) is 25.2. The molecule has 2 fully saturated rings. The van der Waals surface area contributed by atoms with Gasteiger partial charge in [-0.2, -0.15) is 0 Å². The van der Waals surface area contributed by atoms with Crippen LogP contribution in [0.25, 0.3) is 0 Å². The number of rotatable bonds is 9. The first kappa shape index (κ1) is 28.6. The molecule has 0 radical (unpaired) electrons. The molecule has 0 saturated heterocycles. The van der Waals surface area contributed by atoms with Gasteiger partial charge in [-0.3, -0.25) is 0 Å². The van der Waals surface area contributed by atoms with E-state index in [0.29, 0.717) is 22.8 Å². The summed E-state index contributed by atoms with van der Waals surface area (Å²) in [5, 5.41) is 6.90. The molecular formula is C33H54N2O2. The molecular weight excluding hydrogens is 456 g/mol. The van der Waals surface area contributed by atoms with Crippen LogP contribution in [0.4, 0.5) is 0 Å². The van der Waals surface area contributed by atoms with Gasteiger partial charge in [0.2, 0.25) is 0 Å². The van der Waals surface area contributed by atoms with Crippen molar-refractivity contribution in [3.63, 3.8) is 0 Å². The molecule has 4 nitrogen and oxygen atoms in total. The van der Waals surface area contributed by atoms with Crippen molar-refractivity contribution < 1.29 is 9.53 Å². The fourth-order valence-corrected chi connectivity index (χ4v) is 9.04.